The largest absolute Gasteiger partial charge is 0.493 e. The van der Waals surface area contributed by atoms with Gasteiger partial charge in [0.15, 0.2) is 0 Å². The molecular formula is C43H58ClN5O5. The molecule has 0 unspecified atom stereocenters. The van der Waals surface area contributed by atoms with Crippen LogP contribution in [0.4, 0.5) is 4.79 Å². The lowest BCUT2D eigenvalue weighted by Gasteiger charge is -2.35. The van der Waals surface area contributed by atoms with Crippen molar-refractivity contribution in [2.24, 2.45) is 7.05 Å². The molecule has 2 aliphatic rings. The van der Waals surface area contributed by atoms with Crippen LogP contribution in [0.5, 0.6) is 5.75 Å². The number of rotatable bonds is 10. The van der Waals surface area contributed by atoms with Crippen LogP contribution >= 0.6 is 11.6 Å². The highest BCUT2D eigenvalue weighted by atomic mass is 35.5. The number of ether oxygens (including phenoxy) is 3. The van der Waals surface area contributed by atoms with Crippen molar-refractivity contribution < 1.29 is 23.8 Å². The number of halogens is 1. The van der Waals surface area contributed by atoms with Crippen molar-refractivity contribution >= 4 is 34.6 Å². The number of aryl methyl sites for hydroxylation is 4. The third kappa shape index (κ3) is 8.76. The van der Waals surface area contributed by atoms with Gasteiger partial charge in [-0.2, -0.15) is 5.10 Å². The van der Waals surface area contributed by atoms with Gasteiger partial charge in [0.05, 0.1) is 22.8 Å². The number of benzene rings is 2. The number of hydrogen-bond donors (Lipinski definition) is 0. The van der Waals surface area contributed by atoms with Crippen LogP contribution < -0.4 is 4.74 Å². The molecule has 292 valence electrons. The first-order chi connectivity index (χ1) is 25.5. The second-order valence-electron chi connectivity index (χ2n) is 16.8. The molecule has 1 fully saturated rings. The maximum absolute atomic E-state index is 14.4. The van der Waals surface area contributed by atoms with E-state index in [2.05, 4.69) is 40.7 Å². The summed E-state index contributed by atoms with van der Waals surface area (Å²) in [7, 11) is 1.94. The molecule has 0 radical (unpaired) electrons. The highest BCUT2D eigenvalue weighted by molar-refractivity contribution is 6.35. The van der Waals surface area contributed by atoms with Gasteiger partial charge in [0, 0.05) is 68.5 Å². The number of fused-ring (bicyclic) bond motifs is 2. The molecule has 1 saturated heterocycles. The molecule has 3 heterocycles. The number of aromatic nitrogens is 3. The average molecular weight is 760 g/mol. The molecule has 0 N–H and O–H groups in total. The van der Waals surface area contributed by atoms with Crippen LogP contribution in [-0.2, 0) is 42.3 Å². The van der Waals surface area contributed by atoms with Gasteiger partial charge in [-0.1, -0.05) is 29.8 Å². The summed E-state index contributed by atoms with van der Waals surface area (Å²) in [6.07, 6.45) is 5.61. The van der Waals surface area contributed by atoms with Crippen LogP contribution in [0.15, 0.2) is 30.3 Å². The molecular weight excluding hydrogens is 702 g/mol. The third-order valence-corrected chi connectivity index (χ3v) is 10.8. The molecule has 11 heteroatoms. The second kappa shape index (κ2) is 16.0. The highest BCUT2D eigenvalue weighted by Crippen LogP contribution is 2.42. The maximum Gasteiger partial charge on any atom is 0.410 e. The van der Waals surface area contributed by atoms with E-state index < -0.39 is 11.2 Å². The molecule has 10 nitrogen and oxygen atoms in total. The molecule has 2 aromatic carbocycles. The standard InChI is InChI=1S/C43H58ClN5O5/c1-28-36(29(2)46(9)45-28)37-34(44)20-19-33-32(17-13-27-52-35-18-12-15-30-14-10-11-16-31(30)35)39(40(50)53-42(3,4)5)49(38(33)37)26-23-47-21-24-48(25-22-47)41(51)54-43(6,7)8/h12,15,18-20H,10-11,13-14,16-17,21-27H2,1-9H3. The summed E-state index contributed by atoms with van der Waals surface area (Å²) < 4.78 is 22.3. The predicted molar refractivity (Wildman–Crippen MR) is 215 cm³/mol. The van der Waals surface area contributed by atoms with Crippen molar-refractivity contribution in [2.45, 2.75) is 112 Å². The lowest BCUT2D eigenvalue weighted by Crippen LogP contribution is -2.50. The van der Waals surface area contributed by atoms with Gasteiger partial charge in [0.1, 0.15) is 22.6 Å². The van der Waals surface area contributed by atoms with Crippen molar-refractivity contribution in [3.63, 3.8) is 0 Å². The average Bonchev–Trinajstić information content (AvgIpc) is 3.55. The molecule has 54 heavy (non-hydrogen) atoms. The van der Waals surface area contributed by atoms with Crippen molar-refractivity contribution in [1.29, 1.82) is 0 Å². The van der Waals surface area contributed by atoms with Gasteiger partial charge >= 0.3 is 12.1 Å². The fourth-order valence-corrected chi connectivity index (χ4v) is 8.18. The normalized spacial score (nSPS) is 15.4. The molecule has 6 rings (SSSR count). The zero-order chi connectivity index (χ0) is 38.9. The van der Waals surface area contributed by atoms with Gasteiger partial charge in [0.2, 0.25) is 0 Å². The Morgan fingerprint density at radius 3 is 2.24 bits per heavy atom. The Kier molecular flexibility index (Phi) is 11.7. The van der Waals surface area contributed by atoms with E-state index in [1.165, 1.54) is 24.0 Å². The van der Waals surface area contributed by atoms with Gasteiger partial charge in [0.25, 0.3) is 0 Å². The minimum Gasteiger partial charge on any atom is -0.493 e. The maximum atomic E-state index is 14.4. The summed E-state index contributed by atoms with van der Waals surface area (Å²) in [5.74, 6) is 0.619. The minimum absolute atomic E-state index is 0.284. The summed E-state index contributed by atoms with van der Waals surface area (Å²) in [6.45, 7) is 19.7. The Morgan fingerprint density at radius 2 is 1.57 bits per heavy atom. The van der Waals surface area contributed by atoms with Crippen LogP contribution in [0.25, 0.3) is 22.0 Å². The fraction of sp³-hybridized carbons (Fsp3) is 0.558. The number of esters is 1. The quantitative estimate of drug-likeness (QED) is 0.118. The summed E-state index contributed by atoms with van der Waals surface area (Å²) in [5, 5.41) is 6.33. The van der Waals surface area contributed by atoms with Crippen molar-refractivity contribution in [2.75, 3.05) is 39.3 Å². The van der Waals surface area contributed by atoms with E-state index in [4.69, 9.17) is 30.9 Å². The summed E-state index contributed by atoms with van der Waals surface area (Å²) in [5.41, 5.74) is 7.58. The van der Waals surface area contributed by atoms with Gasteiger partial charge < -0.3 is 23.7 Å². The Hall–Kier alpha value is -4.02. The Morgan fingerprint density at radius 1 is 0.870 bits per heavy atom. The molecule has 1 aliphatic carbocycles. The van der Waals surface area contributed by atoms with Gasteiger partial charge in [-0.15, -0.1) is 0 Å². The monoisotopic (exact) mass is 759 g/mol. The van der Waals surface area contributed by atoms with E-state index in [0.717, 1.165) is 57.6 Å². The zero-order valence-electron chi connectivity index (χ0n) is 33.7. The Bertz CT molecular complexity index is 2010. The molecule has 0 bridgehead atoms. The van der Waals surface area contributed by atoms with Crippen LogP contribution in [0, 0.1) is 13.8 Å². The van der Waals surface area contributed by atoms with Crippen molar-refractivity contribution in [3.8, 4) is 16.9 Å². The van der Waals surface area contributed by atoms with Gasteiger partial charge in [-0.25, -0.2) is 9.59 Å². The van der Waals surface area contributed by atoms with Gasteiger partial charge in [-0.05, 0) is 123 Å². The van der Waals surface area contributed by atoms with E-state index in [0.29, 0.717) is 69.4 Å². The van der Waals surface area contributed by atoms with Crippen LogP contribution in [-0.4, -0.2) is 86.7 Å². The first kappa shape index (κ1) is 39.7. The predicted octanol–water partition coefficient (Wildman–Crippen LogP) is 8.71. The van der Waals surface area contributed by atoms with Gasteiger partial charge in [-0.3, -0.25) is 9.58 Å². The van der Waals surface area contributed by atoms with Crippen LogP contribution in [0.3, 0.4) is 0 Å². The van der Waals surface area contributed by atoms with E-state index in [-0.39, 0.29) is 12.1 Å². The first-order valence-electron chi connectivity index (χ1n) is 19.5. The van der Waals surface area contributed by atoms with Crippen molar-refractivity contribution in [3.05, 3.63) is 69.1 Å². The molecule has 1 amide bonds. The van der Waals surface area contributed by atoms with Crippen molar-refractivity contribution in [1.82, 2.24) is 24.1 Å². The first-order valence-corrected chi connectivity index (χ1v) is 19.9. The van der Waals surface area contributed by atoms with E-state index >= 15 is 0 Å². The van der Waals surface area contributed by atoms with Crippen LogP contribution in [0.2, 0.25) is 5.02 Å². The van der Waals surface area contributed by atoms with Crippen LogP contribution in [0.1, 0.15) is 99.4 Å². The van der Waals surface area contributed by atoms with E-state index in [1.807, 2.05) is 66.3 Å². The van der Waals surface area contributed by atoms with E-state index in [1.54, 1.807) is 4.90 Å². The molecule has 0 saturated carbocycles. The Balaban J connectivity index is 1.37. The summed E-state index contributed by atoms with van der Waals surface area (Å²) >= 11 is 7.16. The summed E-state index contributed by atoms with van der Waals surface area (Å²) in [6, 6.07) is 10.4. The zero-order valence-corrected chi connectivity index (χ0v) is 34.5. The molecule has 0 spiro atoms. The third-order valence-electron chi connectivity index (χ3n) is 10.5. The highest BCUT2D eigenvalue weighted by Gasteiger charge is 2.32. The number of nitrogens with zero attached hydrogens (tertiary/aromatic N) is 5. The Labute approximate surface area is 325 Å². The number of carbonyl (C=O) groups excluding carboxylic acids is 2. The topological polar surface area (TPSA) is 91.1 Å². The fourth-order valence-electron chi connectivity index (χ4n) is 7.94. The number of carbonyl (C=O) groups is 2. The SMILES string of the molecule is Cc1nn(C)c(C)c1-c1c(Cl)ccc2c(CCCOc3cccc4c3CCCC4)c(C(=O)OC(C)(C)C)n(CCN3CCN(C(=O)OC(C)(C)C)CC3)c12. The molecule has 4 aromatic rings. The van der Waals surface area contributed by atoms with E-state index in [9.17, 15) is 9.59 Å². The number of amides is 1. The summed E-state index contributed by atoms with van der Waals surface area (Å²) in [4.78, 5) is 31.4. The molecule has 2 aromatic heterocycles. The lowest BCUT2D eigenvalue weighted by molar-refractivity contribution is 0.00509. The number of hydrogen-bond acceptors (Lipinski definition) is 7. The second-order valence-corrected chi connectivity index (χ2v) is 17.2. The molecule has 0 atom stereocenters. The number of piperazine rings is 1. The molecule has 1 aliphatic heterocycles. The lowest BCUT2D eigenvalue weighted by atomic mass is 9.91. The minimum atomic E-state index is -0.694. The smallest absolute Gasteiger partial charge is 0.410 e.